The van der Waals surface area contributed by atoms with Crippen LogP contribution in [0.2, 0.25) is 0 Å². The molecule has 32 heavy (non-hydrogen) atoms. The fourth-order valence-electron chi connectivity index (χ4n) is 4.81. The van der Waals surface area contributed by atoms with Crippen molar-refractivity contribution in [3.8, 4) is 34.0 Å². The van der Waals surface area contributed by atoms with Gasteiger partial charge in [-0.1, -0.05) is 0 Å². The molecule has 0 aliphatic carbocycles. The number of phenolic OH excluding ortho intramolecular Hbond substituents is 2. The Morgan fingerprint density at radius 1 is 0.969 bits per heavy atom. The molecule has 0 saturated carbocycles. The van der Waals surface area contributed by atoms with E-state index in [1.54, 1.807) is 42.3 Å². The Morgan fingerprint density at radius 2 is 1.56 bits per heavy atom. The molecule has 2 aromatic heterocycles. The molecular weight excluding hydrogens is 406 g/mol. The standard InChI is InChI=1S/C23H31N7O2/c1-22(2)11-14(12-23(3,4)28-22)30(6)21-24-13-18(25-26-21)16-8-7-15(19(31)20(16)32)17-9-10-29(5)27-17/h7-10,13-14,28,31-32H,11-12H2,1-6H3. The summed E-state index contributed by atoms with van der Waals surface area (Å²) in [7, 11) is 3.78. The van der Waals surface area contributed by atoms with E-state index in [-0.39, 0.29) is 28.6 Å². The molecule has 0 amide bonds. The number of nitrogens with zero attached hydrogens (tertiary/aromatic N) is 6. The van der Waals surface area contributed by atoms with Gasteiger partial charge in [0, 0.05) is 48.5 Å². The summed E-state index contributed by atoms with van der Waals surface area (Å²) in [5.41, 5.74) is 1.77. The van der Waals surface area contributed by atoms with Crippen LogP contribution >= 0.6 is 0 Å². The molecule has 4 rings (SSSR count). The van der Waals surface area contributed by atoms with Crippen molar-refractivity contribution < 1.29 is 10.2 Å². The minimum absolute atomic E-state index is 0.00667. The van der Waals surface area contributed by atoms with Crippen molar-refractivity contribution in [2.24, 2.45) is 7.05 Å². The third-order valence-corrected chi connectivity index (χ3v) is 6.00. The van der Waals surface area contributed by atoms with E-state index in [0.717, 1.165) is 12.8 Å². The van der Waals surface area contributed by atoms with Crippen molar-refractivity contribution in [2.45, 2.75) is 57.7 Å². The highest BCUT2D eigenvalue weighted by atomic mass is 16.3. The van der Waals surface area contributed by atoms with E-state index in [1.165, 1.54) is 0 Å². The first-order valence-electron chi connectivity index (χ1n) is 10.7. The zero-order valence-electron chi connectivity index (χ0n) is 19.5. The number of aromatic nitrogens is 5. The summed E-state index contributed by atoms with van der Waals surface area (Å²) in [6.45, 7) is 8.84. The lowest BCUT2D eigenvalue weighted by Gasteiger charge is -2.48. The summed E-state index contributed by atoms with van der Waals surface area (Å²) in [5.74, 6) is 0.0108. The maximum absolute atomic E-state index is 10.6. The van der Waals surface area contributed by atoms with Crippen LogP contribution in [0.25, 0.3) is 22.5 Å². The van der Waals surface area contributed by atoms with Crippen molar-refractivity contribution in [3.63, 3.8) is 0 Å². The summed E-state index contributed by atoms with van der Waals surface area (Å²) in [4.78, 5) is 6.58. The topological polar surface area (TPSA) is 112 Å². The van der Waals surface area contributed by atoms with Crippen LogP contribution in [0.3, 0.4) is 0 Å². The second-order valence-electron chi connectivity index (χ2n) is 9.94. The molecule has 3 heterocycles. The number of phenols is 2. The van der Waals surface area contributed by atoms with Gasteiger partial charge < -0.3 is 20.4 Å². The average molecular weight is 438 g/mol. The quantitative estimate of drug-likeness (QED) is 0.534. The number of benzene rings is 1. The molecule has 170 valence electrons. The molecule has 1 aliphatic heterocycles. The Hall–Kier alpha value is -3.20. The lowest BCUT2D eigenvalue weighted by Crippen LogP contribution is -2.62. The lowest BCUT2D eigenvalue weighted by molar-refractivity contribution is 0.160. The largest absolute Gasteiger partial charge is 0.504 e. The van der Waals surface area contributed by atoms with Crippen molar-refractivity contribution in [1.82, 2.24) is 30.3 Å². The van der Waals surface area contributed by atoms with Gasteiger partial charge in [0.2, 0.25) is 5.95 Å². The number of aromatic hydroxyl groups is 2. The predicted octanol–water partition coefficient (Wildman–Crippen LogP) is 3.10. The molecule has 3 N–H and O–H groups in total. The van der Waals surface area contributed by atoms with E-state index < -0.39 is 0 Å². The van der Waals surface area contributed by atoms with E-state index in [9.17, 15) is 10.2 Å². The summed E-state index contributed by atoms with van der Waals surface area (Å²) >= 11 is 0. The highest BCUT2D eigenvalue weighted by Gasteiger charge is 2.39. The van der Waals surface area contributed by atoms with Gasteiger partial charge in [-0.3, -0.25) is 4.68 Å². The molecule has 1 aromatic carbocycles. The summed E-state index contributed by atoms with van der Waals surface area (Å²) in [6.07, 6.45) is 5.27. The number of hydrogen-bond donors (Lipinski definition) is 3. The Kier molecular flexibility index (Phi) is 5.32. The number of rotatable bonds is 4. The van der Waals surface area contributed by atoms with E-state index in [2.05, 4.69) is 58.2 Å². The number of piperidine rings is 1. The molecule has 3 aromatic rings. The summed E-state index contributed by atoms with van der Waals surface area (Å²) < 4.78 is 1.63. The second-order valence-corrected chi connectivity index (χ2v) is 9.94. The van der Waals surface area contributed by atoms with Crippen LogP contribution in [0.5, 0.6) is 11.5 Å². The monoisotopic (exact) mass is 437 g/mol. The van der Waals surface area contributed by atoms with Crippen LogP contribution in [0.4, 0.5) is 5.95 Å². The van der Waals surface area contributed by atoms with Gasteiger partial charge in [-0.05, 0) is 58.7 Å². The maximum Gasteiger partial charge on any atom is 0.245 e. The van der Waals surface area contributed by atoms with Gasteiger partial charge in [0.15, 0.2) is 11.5 Å². The van der Waals surface area contributed by atoms with Crippen LogP contribution in [0, 0.1) is 0 Å². The summed E-state index contributed by atoms with van der Waals surface area (Å²) in [5, 5.41) is 37.7. The molecular formula is C23H31N7O2. The molecule has 0 spiro atoms. The zero-order valence-corrected chi connectivity index (χ0v) is 19.5. The SMILES string of the molecule is CN(c1ncc(-c2ccc(-c3ccn(C)n3)c(O)c2O)nn1)C1CC(C)(C)NC(C)(C)C1. The van der Waals surface area contributed by atoms with Gasteiger partial charge in [0.1, 0.15) is 5.69 Å². The highest BCUT2D eigenvalue weighted by molar-refractivity contribution is 5.79. The number of hydrogen-bond acceptors (Lipinski definition) is 8. The van der Waals surface area contributed by atoms with Crippen molar-refractivity contribution in [1.29, 1.82) is 0 Å². The van der Waals surface area contributed by atoms with E-state index >= 15 is 0 Å². The third kappa shape index (κ3) is 4.25. The van der Waals surface area contributed by atoms with E-state index in [1.807, 2.05) is 7.05 Å². The van der Waals surface area contributed by atoms with Crippen LogP contribution < -0.4 is 10.2 Å². The van der Waals surface area contributed by atoms with E-state index in [4.69, 9.17) is 0 Å². The smallest absolute Gasteiger partial charge is 0.245 e. The van der Waals surface area contributed by atoms with Gasteiger partial charge >= 0.3 is 0 Å². The first kappa shape index (κ1) is 22.0. The first-order valence-corrected chi connectivity index (χ1v) is 10.7. The summed E-state index contributed by atoms with van der Waals surface area (Å²) in [6, 6.07) is 5.42. The molecule has 1 aliphatic rings. The number of nitrogens with one attached hydrogen (secondary N) is 1. The van der Waals surface area contributed by atoms with Gasteiger partial charge in [0.05, 0.1) is 11.9 Å². The molecule has 0 unspecified atom stereocenters. The predicted molar refractivity (Wildman–Crippen MR) is 124 cm³/mol. The minimum Gasteiger partial charge on any atom is -0.504 e. The average Bonchev–Trinajstić information content (AvgIpc) is 3.13. The zero-order chi connectivity index (χ0) is 23.3. The number of anilines is 1. The Balaban J connectivity index is 1.58. The molecule has 0 atom stereocenters. The Morgan fingerprint density at radius 3 is 2.06 bits per heavy atom. The Labute approximate surface area is 188 Å². The minimum atomic E-state index is -0.271. The normalized spacial score (nSPS) is 17.9. The fourth-order valence-corrected chi connectivity index (χ4v) is 4.81. The molecule has 0 bridgehead atoms. The van der Waals surface area contributed by atoms with Gasteiger partial charge in [0.25, 0.3) is 0 Å². The van der Waals surface area contributed by atoms with Crippen molar-refractivity contribution >= 4 is 5.95 Å². The lowest BCUT2D eigenvalue weighted by atomic mass is 9.79. The Bertz CT molecular complexity index is 1110. The molecule has 9 nitrogen and oxygen atoms in total. The van der Waals surface area contributed by atoms with Crippen molar-refractivity contribution in [2.75, 3.05) is 11.9 Å². The molecule has 0 radical (unpaired) electrons. The van der Waals surface area contributed by atoms with Crippen LogP contribution in [0.15, 0.2) is 30.6 Å². The van der Waals surface area contributed by atoms with E-state index in [0.29, 0.717) is 28.5 Å². The van der Waals surface area contributed by atoms with Crippen LogP contribution in [-0.4, -0.2) is 59.3 Å². The first-order chi connectivity index (χ1) is 15.0. The molecule has 1 saturated heterocycles. The van der Waals surface area contributed by atoms with Crippen LogP contribution in [-0.2, 0) is 7.05 Å². The number of aryl methyl sites for hydroxylation is 1. The molecule has 9 heteroatoms. The fraction of sp³-hybridized carbons (Fsp3) is 0.478. The van der Waals surface area contributed by atoms with Crippen molar-refractivity contribution in [3.05, 3.63) is 30.6 Å². The maximum atomic E-state index is 10.6. The third-order valence-electron chi connectivity index (χ3n) is 6.00. The highest BCUT2D eigenvalue weighted by Crippen LogP contribution is 2.42. The van der Waals surface area contributed by atoms with Crippen LogP contribution in [0.1, 0.15) is 40.5 Å². The van der Waals surface area contributed by atoms with Gasteiger partial charge in [-0.25, -0.2) is 4.98 Å². The second kappa shape index (κ2) is 7.74. The molecule has 1 fully saturated rings. The van der Waals surface area contributed by atoms with Gasteiger partial charge in [-0.2, -0.15) is 5.10 Å². The van der Waals surface area contributed by atoms with Gasteiger partial charge in [-0.15, -0.1) is 10.2 Å².